The molecule has 3 heterocycles. The molecule has 2 aliphatic heterocycles. The number of aliphatic hydroxyl groups is 1. The predicted molar refractivity (Wildman–Crippen MR) is 150 cm³/mol. The van der Waals surface area contributed by atoms with Crippen molar-refractivity contribution in [2.75, 3.05) is 71.8 Å². The Labute approximate surface area is 233 Å². The van der Waals surface area contributed by atoms with Crippen LogP contribution in [-0.4, -0.2) is 82.5 Å². The number of amides is 1. The van der Waals surface area contributed by atoms with E-state index in [9.17, 15) is 17.6 Å². The van der Waals surface area contributed by atoms with Crippen molar-refractivity contribution in [1.29, 1.82) is 0 Å². The van der Waals surface area contributed by atoms with Gasteiger partial charge in [0.15, 0.2) is 11.6 Å². The highest BCUT2D eigenvalue weighted by Gasteiger charge is 2.44. The van der Waals surface area contributed by atoms with Gasteiger partial charge in [0.25, 0.3) is 5.91 Å². The molecule has 1 aliphatic carbocycles. The molecule has 1 spiro atoms. The average Bonchev–Trinajstić information content (AvgIpc) is 3.68. The number of hydrogen-bond donors (Lipinski definition) is 3. The predicted octanol–water partition coefficient (Wildman–Crippen LogP) is 2.98. The summed E-state index contributed by atoms with van der Waals surface area (Å²) in [6.45, 7) is 3.54. The Bertz CT molecular complexity index is 1330. The van der Waals surface area contributed by atoms with Gasteiger partial charge in [-0.15, -0.1) is 0 Å². The fraction of sp³-hybridized carbons (Fsp3) is 0.556. The number of carbonyl (C=O) groups is 1. The molecule has 0 radical (unpaired) electrons. The number of nitrogens with one attached hydrogen (secondary N) is 2. The van der Waals surface area contributed by atoms with Gasteiger partial charge in [-0.1, -0.05) is 0 Å². The SMILES string of the molecule is C[C@@H]1CN(c2nc(C(=O)Nc3ccc(NS(=O)(=O)CCO)cc3N3CCC4(CC3)CC4)ccc2OCF)CCO1. The second kappa shape index (κ2) is 11.8. The molecule has 2 aromatic rings. The molecule has 0 bridgehead atoms. The van der Waals surface area contributed by atoms with Gasteiger partial charge in [0, 0.05) is 26.2 Å². The van der Waals surface area contributed by atoms with E-state index in [1.54, 1.807) is 18.2 Å². The van der Waals surface area contributed by atoms with Crippen LogP contribution in [0.4, 0.5) is 27.3 Å². The number of carbonyl (C=O) groups excluding carboxylic acids is 1. The van der Waals surface area contributed by atoms with Gasteiger partial charge in [-0.25, -0.2) is 17.8 Å². The molecule has 5 rings (SSSR count). The molecule has 3 fully saturated rings. The van der Waals surface area contributed by atoms with Crippen molar-refractivity contribution in [3.8, 4) is 5.75 Å². The first-order valence-electron chi connectivity index (χ1n) is 13.6. The van der Waals surface area contributed by atoms with Gasteiger partial charge in [-0.3, -0.25) is 9.52 Å². The van der Waals surface area contributed by atoms with E-state index in [1.807, 2.05) is 11.8 Å². The quantitative estimate of drug-likeness (QED) is 0.390. The monoisotopic (exact) mass is 577 g/mol. The van der Waals surface area contributed by atoms with Crippen molar-refractivity contribution < 1.29 is 32.2 Å². The molecule has 1 amide bonds. The summed E-state index contributed by atoms with van der Waals surface area (Å²) in [5.41, 5.74) is 2.14. The second-order valence-electron chi connectivity index (χ2n) is 10.7. The number of aromatic nitrogens is 1. The van der Waals surface area contributed by atoms with Crippen LogP contribution in [0.1, 0.15) is 43.1 Å². The lowest BCUT2D eigenvalue weighted by Crippen LogP contribution is -2.42. The molecule has 13 heteroatoms. The van der Waals surface area contributed by atoms with E-state index in [1.165, 1.54) is 25.0 Å². The zero-order valence-corrected chi connectivity index (χ0v) is 23.4. The number of alkyl halides is 1. The van der Waals surface area contributed by atoms with Gasteiger partial charge in [0.2, 0.25) is 16.9 Å². The third kappa shape index (κ3) is 6.58. The molecule has 1 atom stereocenters. The topological polar surface area (TPSA) is 133 Å². The molecule has 2 saturated heterocycles. The minimum atomic E-state index is -3.72. The minimum Gasteiger partial charge on any atom is -0.459 e. The highest BCUT2D eigenvalue weighted by molar-refractivity contribution is 7.92. The van der Waals surface area contributed by atoms with Crippen LogP contribution in [0.3, 0.4) is 0 Å². The van der Waals surface area contributed by atoms with Gasteiger partial charge in [-0.05, 0) is 68.4 Å². The second-order valence-corrected chi connectivity index (χ2v) is 12.6. The van der Waals surface area contributed by atoms with Crippen LogP contribution in [0.15, 0.2) is 30.3 Å². The maximum Gasteiger partial charge on any atom is 0.274 e. The van der Waals surface area contributed by atoms with E-state index in [0.29, 0.717) is 48.0 Å². The van der Waals surface area contributed by atoms with Crippen LogP contribution in [0.2, 0.25) is 0 Å². The van der Waals surface area contributed by atoms with E-state index in [2.05, 4.69) is 19.9 Å². The smallest absolute Gasteiger partial charge is 0.274 e. The van der Waals surface area contributed by atoms with Gasteiger partial charge in [0.05, 0.1) is 42.1 Å². The van der Waals surface area contributed by atoms with Gasteiger partial charge < -0.3 is 29.7 Å². The minimum absolute atomic E-state index is 0.0542. The van der Waals surface area contributed by atoms with Crippen LogP contribution in [0.25, 0.3) is 0 Å². The number of sulfonamides is 1. The molecular weight excluding hydrogens is 541 g/mol. The first-order valence-corrected chi connectivity index (χ1v) is 15.2. The fourth-order valence-electron chi connectivity index (χ4n) is 5.37. The number of benzene rings is 1. The van der Waals surface area contributed by atoms with Crippen LogP contribution in [0.5, 0.6) is 5.75 Å². The summed E-state index contributed by atoms with van der Waals surface area (Å²) in [5.74, 6) is -0.249. The lowest BCUT2D eigenvalue weighted by Gasteiger charge is -2.35. The molecule has 1 aromatic heterocycles. The third-order valence-corrected chi connectivity index (χ3v) is 9.09. The first kappa shape index (κ1) is 28.4. The molecule has 1 aromatic carbocycles. The number of pyridine rings is 1. The Kier molecular flexibility index (Phi) is 8.34. The number of halogens is 1. The Morgan fingerprint density at radius 2 is 1.95 bits per heavy atom. The number of morpholine rings is 1. The number of ether oxygens (including phenoxy) is 2. The number of piperidine rings is 1. The number of nitrogens with zero attached hydrogens (tertiary/aromatic N) is 3. The maximum absolute atomic E-state index is 13.4. The summed E-state index contributed by atoms with van der Waals surface area (Å²) in [5, 5.41) is 12.0. The molecule has 3 N–H and O–H groups in total. The van der Waals surface area contributed by atoms with Crippen LogP contribution in [-0.2, 0) is 14.8 Å². The van der Waals surface area contributed by atoms with Crippen molar-refractivity contribution >= 4 is 38.8 Å². The summed E-state index contributed by atoms with van der Waals surface area (Å²) < 4.78 is 50.9. The van der Waals surface area contributed by atoms with Crippen molar-refractivity contribution in [3.63, 3.8) is 0 Å². The van der Waals surface area contributed by atoms with Crippen LogP contribution >= 0.6 is 0 Å². The molecule has 218 valence electrons. The summed E-state index contributed by atoms with van der Waals surface area (Å²) in [6, 6.07) is 7.98. The van der Waals surface area contributed by atoms with E-state index < -0.39 is 35.2 Å². The number of aliphatic hydroxyl groups excluding tert-OH is 1. The van der Waals surface area contributed by atoms with Crippen molar-refractivity contribution in [2.24, 2.45) is 5.41 Å². The molecule has 11 nitrogen and oxygen atoms in total. The summed E-state index contributed by atoms with van der Waals surface area (Å²) in [7, 11) is -3.72. The lowest BCUT2D eigenvalue weighted by atomic mass is 9.93. The van der Waals surface area contributed by atoms with E-state index in [-0.39, 0.29) is 17.5 Å². The zero-order valence-electron chi connectivity index (χ0n) is 22.6. The van der Waals surface area contributed by atoms with Gasteiger partial charge in [0.1, 0.15) is 5.69 Å². The summed E-state index contributed by atoms with van der Waals surface area (Å²) >= 11 is 0. The van der Waals surface area contributed by atoms with Gasteiger partial charge in [-0.2, -0.15) is 0 Å². The summed E-state index contributed by atoms with van der Waals surface area (Å²) in [6.07, 6.45) is 4.51. The van der Waals surface area contributed by atoms with Crippen LogP contribution < -0.4 is 24.6 Å². The largest absolute Gasteiger partial charge is 0.459 e. The maximum atomic E-state index is 13.4. The van der Waals surface area contributed by atoms with Crippen molar-refractivity contribution in [2.45, 2.75) is 38.7 Å². The highest BCUT2D eigenvalue weighted by atomic mass is 32.2. The Hall–Kier alpha value is -3.16. The standard InChI is InChI=1S/C27H36FN5O6S/c1-19-17-33(12-14-38-19)25-24(39-18-28)5-4-22(29-25)26(35)30-21-3-2-20(31-40(36,37)15-13-34)16-23(21)32-10-8-27(6-7-27)9-11-32/h2-5,16,19,31,34H,6-15,17-18H2,1H3,(H,30,35)/t19-/m1/s1. The van der Waals surface area contributed by atoms with Crippen molar-refractivity contribution in [1.82, 2.24) is 4.98 Å². The third-order valence-electron chi connectivity index (χ3n) is 7.82. The molecule has 40 heavy (non-hydrogen) atoms. The van der Waals surface area contributed by atoms with E-state index in [0.717, 1.165) is 25.9 Å². The Morgan fingerprint density at radius 1 is 1.18 bits per heavy atom. The Balaban J connectivity index is 1.41. The van der Waals surface area contributed by atoms with Gasteiger partial charge >= 0.3 is 0 Å². The zero-order chi connectivity index (χ0) is 28.3. The van der Waals surface area contributed by atoms with E-state index >= 15 is 0 Å². The Morgan fingerprint density at radius 3 is 2.62 bits per heavy atom. The molecular formula is C27H36FN5O6S. The summed E-state index contributed by atoms with van der Waals surface area (Å²) in [4.78, 5) is 22.1. The average molecular weight is 578 g/mol. The fourth-order valence-corrected chi connectivity index (χ4v) is 6.20. The van der Waals surface area contributed by atoms with Crippen molar-refractivity contribution in [3.05, 3.63) is 36.0 Å². The number of rotatable bonds is 10. The lowest BCUT2D eigenvalue weighted by molar-refractivity contribution is 0.0526. The normalized spacial score (nSPS) is 20.3. The first-order chi connectivity index (χ1) is 19.2. The number of hydrogen-bond acceptors (Lipinski definition) is 9. The van der Waals surface area contributed by atoms with E-state index in [4.69, 9.17) is 14.6 Å². The number of anilines is 4. The van der Waals surface area contributed by atoms with Crippen LogP contribution in [0, 0.1) is 5.41 Å². The molecule has 0 unspecified atom stereocenters. The molecule has 1 saturated carbocycles. The highest BCUT2D eigenvalue weighted by Crippen LogP contribution is 2.54. The molecule has 3 aliphatic rings.